The molecule has 0 bridgehead atoms. The second-order valence-electron chi connectivity index (χ2n) is 6.30. The van der Waals surface area contributed by atoms with Crippen LogP contribution in [0.1, 0.15) is 29.5 Å². The first-order valence-electron chi connectivity index (χ1n) is 7.85. The molecule has 2 aromatic carbocycles. The third-order valence-corrected chi connectivity index (χ3v) is 5.50. The molecular formula is C18H14Cl2N2O3. The number of aromatic hydroxyl groups is 1. The van der Waals surface area contributed by atoms with Crippen molar-refractivity contribution < 1.29 is 10.0 Å². The number of allylic oxidation sites excluding steroid dienone is 2. The molecule has 0 spiro atoms. The summed E-state index contributed by atoms with van der Waals surface area (Å²) in [5, 5.41) is 25.8. The Morgan fingerprint density at radius 3 is 2.64 bits per heavy atom. The molecule has 5 nitrogen and oxygen atoms in total. The van der Waals surface area contributed by atoms with Gasteiger partial charge in [-0.15, -0.1) is 0 Å². The van der Waals surface area contributed by atoms with E-state index < -0.39 is 4.92 Å². The Bertz CT molecular complexity index is 896. The van der Waals surface area contributed by atoms with Crippen LogP contribution in [0.5, 0.6) is 5.75 Å². The van der Waals surface area contributed by atoms with Crippen LogP contribution in [0, 0.1) is 16.0 Å². The molecule has 1 aliphatic carbocycles. The van der Waals surface area contributed by atoms with Gasteiger partial charge in [0, 0.05) is 17.0 Å². The average molecular weight is 377 g/mol. The van der Waals surface area contributed by atoms with Crippen molar-refractivity contribution in [2.45, 2.75) is 18.4 Å². The maximum absolute atomic E-state index is 11.6. The van der Waals surface area contributed by atoms with Gasteiger partial charge in [0.25, 0.3) is 5.69 Å². The van der Waals surface area contributed by atoms with Crippen molar-refractivity contribution in [1.29, 1.82) is 0 Å². The number of fused-ring (bicyclic) bond motifs is 3. The van der Waals surface area contributed by atoms with Gasteiger partial charge >= 0.3 is 0 Å². The summed E-state index contributed by atoms with van der Waals surface area (Å²) in [6, 6.07) is 8.63. The number of phenols is 1. The lowest BCUT2D eigenvalue weighted by Gasteiger charge is -2.37. The Morgan fingerprint density at radius 2 is 1.96 bits per heavy atom. The Hall–Kier alpha value is -2.24. The Balaban J connectivity index is 1.89. The highest BCUT2D eigenvalue weighted by Crippen LogP contribution is 2.56. The molecule has 0 fully saturated rings. The Labute approximate surface area is 154 Å². The summed E-state index contributed by atoms with van der Waals surface area (Å²) in [5.41, 5.74) is 1.71. The zero-order valence-electron chi connectivity index (χ0n) is 12.9. The van der Waals surface area contributed by atoms with Crippen molar-refractivity contribution in [1.82, 2.24) is 0 Å². The van der Waals surface area contributed by atoms with Gasteiger partial charge in [0.15, 0.2) is 0 Å². The summed E-state index contributed by atoms with van der Waals surface area (Å²) in [5.74, 6) is -0.157. The number of nitro groups is 1. The van der Waals surface area contributed by atoms with E-state index in [1.807, 2.05) is 36.4 Å². The van der Waals surface area contributed by atoms with Gasteiger partial charge in [0.1, 0.15) is 10.8 Å². The van der Waals surface area contributed by atoms with Gasteiger partial charge in [0.05, 0.1) is 22.2 Å². The number of benzene rings is 2. The first kappa shape index (κ1) is 16.2. The van der Waals surface area contributed by atoms with Crippen molar-refractivity contribution in [2.24, 2.45) is 5.92 Å². The quantitative estimate of drug-likeness (QED) is 0.317. The third kappa shape index (κ3) is 2.55. The van der Waals surface area contributed by atoms with Crippen LogP contribution in [0.25, 0.3) is 0 Å². The first-order valence-corrected chi connectivity index (χ1v) is 8.61. The van der Waals surface area contributed by atoms with Crippen LogP contribution in [0.3, 0.4) is 0 Å². The minimum absolute atomic E-state index is 0.0490. The van der Waals surface area contributed by atoms with E-state index in [-0.39, 0.29) is 34.3 Å². The molecule has 3 atom stereocenters. The lowest BCUT2D eigenvalue weighted by atomic mass is 9.76. The first-order chi connectivity index (χ1) is 12.0. The van der Waals surface area contributed by atoms with Crippen LogP contribution in [-0.4, -0.2) is 10.0 Å². The van der Waals surface area contributed by atoms with E-state index in [0.29, 0.717) is 16.3 Å². The molecule has 2 aromatic rings. The van der Waals surface area contributed by atoms with Crippen molar-refractivity contribution >= 4 is 34.6 Å². The van der Waals surface area contributed by atoms with Crippen molar-refractivity contribution in [2.75, 3.05) is 5.32 Å². The standard InChI is InChI=1S/C18H14Cl2N2O3/c19-10-6-4-9(5-7-10)16-12-3-1-2-11(12)15-17(21-16)14(23)8-13(20)18(15)22(24)25/h1-2,4-8,11-12,16,21,23H,3H2/t11-,12+,16-/m1/s1. The maximum atomic E-state index is 11.6. The topological polar surface area (TPSA) is 75.4 Å². The zero-order valence-corrected chi connectivity index (χ0v) is 14.5. The van der Waals surface area contributed by atoms with Gasteiger partial charge in [-0.2, -0.15) is 0 Å². The van der Waals surface area contributed by atoms with Crippen molar-refractivity contribution in [3.05, 3.63) is 73.8 Å². The molecule has 1 aliphatic heterocycles. The van der Waals surface area contributed by atoms with Gasteiger partial charge in [-0.25, -0.2) is 0 Å². The van der Waals surface area contributed by atoms with Crippen molar-refractivity contribution in [3.63, 3.8) is 0 Å². The Kier molecular flexibility index (Phi) is 3.85. The van der Waals surface area contributed by atoms with Crippen LogP contribution < -0.4 is 5.32 Å². The number of hydrogen-bond acceptors (Lipinski definition) is 4. The van der Waals surface area contributed by atoms with E-state index >= 15 is 0 Å². The second kappa shape index (κ2) is 5.93. The van der Waals surface area contributed by atoms with E-state index in [0.717, 1.165) is 12.0 Å². The van der Waals surface area contributed by atoms with E-state index in [9.17, 15) is 15.2 Å². The van der Waals surface area contributed by atoms with E-state index in [2.05, 4.69) is 5.32 Å². The smallest absolute Gasteiger partial charge is 0.293 e. The van der Waals surface area contributed by atoms with E-state index in [4.69, 9.17) is 23.2 Å². The second-order valence-corrected chi connectivity index (χ2v) is 7.14. The molecule has 4 rings (SSSR count). The number of anilines is 1. The van der Waals surface area contributed by atoms with Gasteiger partial charge < -0.3 is 10.4 Å². The highest BCUT2D eigenvalue weighted by atomic mass is 35.5. The number of hydrogen-bond donors (Lipinski definition) is 2. The summed E-state index contributed by atoms with van der Waals surface area (Å²) in [7, 11) is 0. The van der Waals surface area contributed by atoms with Gasteiger partial charge in [0.2, 0.25) is 0 Å². The summed E-state index contributed by atoms with van der Waals surface area (Å²) < 4.78 is 0. The zero-order chi connectivity index (χ0) is 17.7. The lowest BCUT2D eigenvalue weighted by Crippen LogP contribution is -2.29. The fraction of sp³-hybridized carbons (Fsp3) is 0.222. The highest BCUT2D eigenvalue weighted by Gasteiger charge is 2.43. The molecule has 0 radical (unpaired) electrons. The monoisotopic (exact) mass is 376 g/mol. The minimum atomic E-state index is -0.478. The van der Waals surface area contributed by atoms with Crippen LogP contribution in [-0.2, 0) is 0 Å². The number of rotatable bonds is 2. The summed E-state index contributed by atoms with van der Waals surface area (Å²) in [6.07, 6.45) is 4.78. The molecule has 1 heterocycles. The normalized spacial score (nSPS) is 23.7. The van der Waals surface area contributed by atoms with Crippen LogP contribution >= 0.6 is 23.2 Å². The van der Waals surface area contributed by atoms with Crippen LogP contribution in [0.4, 0.5) is 11.4 Å². The predicted molar refractivity (Wildman–Crippen MR) is 97.6 cm³/mol. The molecule has 2 N–H and O–H groups in total. The Morgan fingerprint density at radius 1 is 1.24 bits per heavy atom. The molecule has 25 heavy (non-hydrogen) atoms. The number of nitrogens with zero attached hydrogens (tertiary/aromatic N) is 1. The molecule has 0 saturated carbocycles. The van der Waals surface area contributed by atoms with Gasteiger partial charge in [-0.1, -0.05) is 47.5 Å². The molecule has 7 heteroatoms. The fourth-order valence-electron chi connectivity index (χ4n) is 3.90. The molecule has 0 saturated heterocycles. The summed E-state index contributed by atoms with van der Waals surface area (Å²) >= 11 is 12.0. The molecule has 0 amide bonds. The molecule has 0 aromatic heterocycles. The van der Waals surface area contributed by atoms with Crippen molar-refractivity contribution in [3.8, 4) is 5.75 Å². The minimum Gasteiger partial charge on any atom is -0.506 e. The van der Waals surface area contributed by atoms with Crippen LogP contribution in [0.2, 0.25) is 10.0 Å². The van der Waals surface area contributed by atoms with Gasteiger partial charge in [-0.05, 0) is 30.0 Å². The fourth-order valence-corrected chi connectivity index (χ4v) is 4.30. The van der Waals surface area contributed by atoms with E-state index in [1.165, 1.54) is 6.07 Å². The molecule has 2 aliphatic rings. The summed E-state index contributed by atoms with van der Waals surface area (Å²) in [4.78, 5) is 11.1. The van der Waals surface area contributed by atoms with Gasteiger partial charge in [-0.3, -0.25) is 10.1 Å². The molecule has 128 valence electrons. The molecular weight excluding hydrogens is 363 g/mol. The molecule has 0 unspecified atom stereocenters. The number of nitrogens with one attached hydrogen (secondary N) is 1. The predicted octanol–water partition coefficient (Wildman–Crippen LogP) is 5.43. The number of phenolic OH excluding ortho intramolecular Hbond substituents is 1. The van der Waals surface area contributed by atoms with E-state index in [1.54, 1.807) is 0 Å². The largest absolute Gasteiger partial charge is 0.506 e. The lowest BCUT2D eigenvalue weighted by molar-refractivity contribution is -0.385. The maximum Gasteiger partial charge on any atom is 0.293 e. The van der Waals surface area contributed by atoms with Crippen LogP contribution in [0.15, 0.2) is 42.5 Å². The summed E-state index contributed by atoms with van der Waals surface area (Å²) in [6.45, 7) is 0. The number of halogens is 2. The SMILES string of the molecule is O=[N+]([O-])c1c(Cl)cc(O)c2c1[C@@H]1C=CC[C@@H]1[C@@H](c1ccc(Cl)cc1)N2. The highest BCUT2D eigenvalue weighted by molar-refractivity contribution is 6.33. The third-order valence-electron chi connectivity index (χ3n) is 4.96. The number of nitro benzene ring substituents is 1. The average Bonchev–Trinajstić information content (AvgIpc) is 3.04.